The predicted molar refractivity (Wildman–Crippen MR) is 166 cm³/mol. The highest BCUT2D eigenvalue weighted by atomic mass is 17.0. The SMILES string of the molecule is CC1CC2C3CCC4=CC(=O)C=CC4(C)C3C(O)CC2(C)C1C(=O)COC(=O)COCCOCCO[N+](=O)[O-].O=C(O)CCCO[N+](=O)[O-]. The number of carbonyl (C=O) groups excluding carboxylic acids is 3. The normalized spacial score (nSPS) is 31.1. The first-order chi connectivity index (χ1) is 23.1. The molecule has 8 atom stereocenters. The van der Waals surface area contributed by atoms with Crippen LogP contribution in [0.25, 0.3) is 0 Å². The van der Waals surface area contributed by atoms with Gasteiger partial charge in [-0.15, -0.1) is 20.2 Å². The van der Waals surface area contributed by atoms with Crippen LogP contribution in [0.15, 0.2) is 23.8 Å². The van der Waals surface area contributed by atoms with Gasteiger partial charge in [-0.2, -0.15) is 0 Å². The van der Waals surface area contributed by atoms with Gasteiger partial charge < -0.3 is 34.1 Å². The van der Waals surface area contributed by atoms with Crippen molar-refractivity contribution >= 4 is 23.5 Å². The number of ketones is 2. The largest absolute Gasteiger partial charge is 0.481 e. The summed E-state index contributed by atoms with van der Waals surface area (Å²) in [4.78, 5) is 74.9. The zero-order valence-electron chi connectivity index (χ0n) is 28.0. The van der Waals surface area contributed by atoms with Crippen molar-refractivity contribution in [3.05, 3.63) is 44.0 Å². The Morgan fingerprint density at radius 3 is 2.33 bits per heavy atom. The van der Waals surface area contributed by atoms with Crippen molar-refractivity contribution in [2.24, 2.45) is 40.4 Å². The molecule has 8 unspecified atom stereocenters. The van der Waals surface area contributed by atoms with Gasteiger partial charge in [0, 0.05) is 23.7 Å². The van der Waals surface area contributed by atoms with E-state index in [0.717, 1.165) is 24.8 Å². The van der Waals surface area contributed by atoms with Gasteiger partial charge in [0.05, 0.1) is 32.5 Å². The Labute approximate surface area is 283 Å². The molecule has 49 heavy (non-hydrogen) atoms. The maximum atomic E-state index is 13.4. The fraction of sp³-hybridized carbons (Fsp3) is 0.750. The number of aliphatic carboxylic acids is 1. The predicted octanol–water partition coefficient (Wildman–Crippen LogP) is 2.54. The van der Waals surface area contributed by atoms with Crippen molar-refractivity contribution < 1.29 is 63.5 Å². The van der Waals surface area contributed by atoms with Crippen LogP contribution in [0, 0.1) is 60.6 Å². The number of aliphatic hydroxyl groups is 1. The van der Waals surface area contributed by atoms with Gasteiger partial charge in [0.1, 0.15) is 19.8 Å². The number of carboxylic acid groups (broad SMARTS) is 1. The molecule has 3 fully saturated rings. The minimum Gasteiger partial charge on any atom is -0.481 e. The van der Waals surface area contributed by atoms with E-state index in [0.29, 0.717) is 6.42 Å². The van der Waals surface area contributed by atoms with Crippen molar-refractivity contribution in [1.29, 1.82) is 0 Å². The van der Waals surface area contributed by atoms with Crippen molar-refractivity contribution in [2.45, 2.75) is 65.4 Å². The molecule has 0 aromatic carbocycles. The van der Waals surface area contributed by atoms with Crippen molar-refractivity contribution in [1.82, 2.24) is 0 Å². The molecule has 3 saturated carbocycles. The van der Waals surface area contributed by atoms with Gasteiger partial charge in [0.15, 0.2) is 11.6 Å². The van der Waals surface area contributed by atoms with Crippen LogP contribution in [-0.4, -0.2) is 96.2 Å². The molecule has 0 aliphatic heterocycles. The molecule has 0 radical (unpaired) electrons. The number of carboxylic acids is 1. The molecule has 4 aliphatic carbocycles. The molecule has 0 aromatic heterocycles. The molecule has 0 saturated heterocycles. The fourth-order valence-electron chi connectivity index (χ4n) is 8.57. The lowest BCUT2D eigenvalue weighted by molar-refractivity contribution is -0.758. The maximum Gasteiger partial charge on any atom is 0.332 e. The van der Waals surface area contributed by atoms with Crippen LogP contribution in [0.3, 0.4) is 0 Å². The molecule has 4 aliphatic rings. The summed E-state index contributed by atoms with van der Waals surface area (Å²) in [6, 6.07) is 0. The van der Waals surface area contributed by atoms with E-state index in [1.165, 1.54) is 0 Å². The van der Waals surface area contributed by atoms with E-state index in [9.17, 15) is 44.5 Å². The highest BCUT2D eigenvalue weighted by Gasteiger charge is 2.64. The Bertz CT molecular complexity index is 1280. The van der Waals surface area contributed by atoms with Gasteiger partial charge in [0.2, 0.25) is 0 Å². The van der Waals surface area contributed by atoms with Gasteiger partial charge in [-0.25, -0.2) is 4.79 Å². The van der Waals surface area contributed by atoms with E-state index < -0.39 is 33.6 Å². The van der Waals surface area contributed by atoms with Gasteiger partial charge in [-0.1, -0.05) is 32.4 Å². The lowest BCUT2D eigenvalue weighted by Gasteiger charge is -2.58. The first kappa shape index (κ1) is 39.5. The number of hydrogen-bond donors (Lipinski definition) is 2. The second kappa shape index (κ2) is 17.6. The van der Waals surface area contributed by atoms with Crippen LogP contribution in [0.1, 0.15) is 59.3 Å². The number of nitrogens with zero attached hydrogens (tertiary/aromatic N) is 2. The fourth-order valence-corrected chi connectivity index (χ4v) is 8.57. The quantitative estimate of drug-likeness (QED) is 0.0960. The minimum absolute atomic E-state index is 0.000487. The van der Waals surface area contributed by atoms with Crippen LogP contribution in [0.4, 0.5) is 0 Å². The van der Waals surface area contributed by atoms with Crippen molar-refractivity contribution in [3.63, 3.8) is 0 Å². The van der Waals surface area contributed by atoms with Gasteiger partial charge in [-0.05, 0) is 67.4 Å². The summed E-state index contributed by atoms with van der Waals surface area (Å²) in [6.07, 6.45) is 7.86. The molecule has 4 rings (SSSR count). The monoisotopic (exact) mass is 698 g/mol. The van der Waals surface area contributed by atoms with E-state index in [-0.39, 0.29) is 106 Å². The third-order valence-electron chi connectivity index (χ3n) is 10.3. The van der Waals surface area contributed by atoms with Gasteiger partial charge in [0.25, 0.3) is 10.2 Å². The molecule has 17 heteroatoms. The van der Waals surface area contributed by atoms with Crippen LogP contribution in [-0.2, 0) is 43.1 Å². The van der Waals surface area contributed by atoms with E-state index >= 15 is 0 Å². The number of rotatable bonds is 17. The number of fused-ring (bicyclic) bond motifs is 5. The average Bonchev–Trinajstić information content (AvgIpc) is 3.28. The summed E-state index contributed by atoms with van der Waals surface area (Å²) in [5.41, 5.74) is 0.344. The Hall–Kier alpha value is -3.96. The Kier molecular flexibility index (Phi) is 14.2. The van der Waals surface area contributed by atoms with Crippen molar-refractivity contribution in [2.75, 3.05) is 46.2 Å². The summed E-state index contributed by atoms with van der Waals surface area (Å²) >= 11 is 0. The molecular weight excluding hydrogens is 652 g/mol. The zero-order chi connectivity index (χ0) is 36.4. The van der Waals surface area contributed by atoms with Crippen molar-refractivity contribution in [3.8, 4) is 0 Å². The number of allylic oxidation sites excluding steroid dienone is 4. The summed E-state index contributed by atoms with van der Waals surface area (Å²) in [7, 11) is 0. The number of ether oxygens (including phenoxy) is 3. The highest BCUT2D eigenvalue weighted by Crippen LogP contribution is 2.67. The van der Waals surface area contributed by atoms with E-state index in [1.54, 1.807) is 12.2 Å². The topological polar surface area (TPSA) is 241 Å². The van der Waals surface area contributed by atoms with E-state index in [4.69, 9.17) is 19.3 Å². The standard InChI is InChI=1S/C28H39NO10.C4H7NO5/c1-17-12-21-20-5-4-18-13-19(30)6-7-27(18,2)26(20)22(31)14-28(21,3)25(17)23(32)15-38-24(33)16-37-9-8-36-10-11-39-29(34)35;6-4(7)2-1-3-10-5(8)9/h6-7,13,17,20-22,25-26,31H,4-5,8-12,14-16H2,1-3H3;1-3H2,(H,6,7). The zero-order valence-corrected chi connectivity index (χ0v) is 28.0. The lowest BCUT2D eigenvalue weighted by Crippen LogP contribution is -2.56. The Morgan fingerprint density at radius 2 is 1.65 bits per heavy atom. The molecule has 17 nitrogen and oxygen atoms in total. The second-order valence-corrected chi connectivity index (χ2v) is 13.4. The number of carbonyl (C=O) groups is 4. The van der Waals surface area contributed by atoms with Crippen LogP contribution in [0.5, 0.6) is 0 Å². The molecule has 0 spiro atoms. The van der Waals surface area contributed by atoms with E-state index in [1.807, 2.05) is 6.08 Å². The summed E-state index contributed by atoms with van der Waals surface area (Å²) in [6.45, 7) is 5.52. The smallest absolute Gasteiger partial charge is 0.332 e. The molecule has 0 heterocycles. The first-order valence-electron chi connectivity index (χ1n) is 16.3. The highest BCUT2D eigenvalue weighted by molar-refractivity contribution is 6.01. The Morgan fingerprint density at radius 1 is 1.00 bits per heavy atom. The average molecular weight is 699 g/mol. The maximum absolute atomic E-state index is 13.4. The summed E-state index contributed by atoms with van der Waals surface area (Å²) in [5.74, 6) is -1.50. The Balaban J connectivity index is 0.000000565. The number of hydrogen-bond acceptors (Lipinski definition) is 14. The third kappa shape index (κ3) is 10.3. The molecule has 0 bridgehead atoms. The molecule has 2 N–H and O–H groups in total. The lowest BCUT2D eigenvalue weighted by atomic mass is 9.46. The third-order valence-corrected chi connectivity index (χ3v) is 10.3. The minimum atomic E-state index is -0.980. The number of aliphatic hydroxyl groups excluding tert-OH is 1. The first-order valence-corrected chi connectivity index (χ1v) is 16.3. The molecule has 0 aromatic rings. The number of esters is 1. The second-order valence-electron chi connectivity index (χ2n) is 13.4. The summed E-state index contributed by atoms with van der Waals surface area (Å²) in [5, 5.41) is 37.2. The van der Waals surface area contributed by atoms with Gasteiger partial charge in [-0.3, -0.25) is 14.4 Å². The van der Waals surface area contributed by atoms with Crippen LogP contribution in [0.2, 0.25) is 0 Å². The number of Topliss-reactive ketones (excluding diaryl/α,β-unsaturated/α-hetero) is 1. The molecule has 0 amide bonds. The molecule has 274 valence electrons. The van der Waals surface area contributed by atoms with Gasteiger partial charge >= 0.3 is 11.9 Å². The molecular formula is C32H46N2O15. The summed E-state index contributed by atoms with van der Waals surface area (Å²) < 4.78 is 15.5. The van der Waals surface area contributed by atoms with E-state index in [2.05, 4.69) is 30.4 Å². The van der Waals surface area contributed by atoms with Crippen LogP contribution >= 0.6 is 0 Å². The van der Waals surface area contributed by atoms with Crippen LogP contribution < -0.4 is 0 Å².